The molecule has 22 heavy (non-hydrogen) atoms. The highest BCUT2D eigenvalue weighted by Gasteiger charge is 2.35. The van der Waals surface area contributed by atoms with Crippen molar-refractivity contribution in [1.82, 2.24) is 15.0 Å². The lowest BCUT2D eigenvalue weighted by molar-refractivity contribution is -0.144. The van der Waals surface area contributed by atoms with Gasteiger partial charge in [0, 0.05) is 12.2 Å². The van der Waals surface area contributed by atoms with Crippen molar-refractivity contribution >= 4 is 22.7 Å². The fourth-order valence-corrected chi connectivity index (χ4v) is 3.44. The molecule has 2 aromatic heterocycles. The van der Waals surface area contributed by atoms with Crippen LogP contribution in [0.3, 0.4) is 0 Å². The Bertz CT molecular complexity index is 769. The molecule has 6 heteroatoms. The molecule has 4 heterocycles. The first-order chi connectivity index (χ1) is 10.6. The average Bonchev–Trinajstić information content (AvgIpc) is 2.73. The van der Waals surface area contributed by atoms with E-state index in [4.69, 9.17) is 4.74 Å². The number of ether oxygens (including phenoxy) is 1. The summed E-state index contributed by atoms with van der Waals surface area (Å²) in [5.74, 6) is 1.41. The van der Waals surface area contributed by atoms with Crippen LogP contribution in [0.5, 0.6) is 0 Å². The molecule has 0 saturated carbocycles. The number of hydrogen-bond donors (Lipinski definition) is 0. The molecule has 114 valence electrons. The van der Waals surface area contributed by atoms with Gasteiger partial charge < -0.3 is 9.64 Å². The van der Waals surface area contributed by atoms with E-state index in [1.54, 1.807) is 0 Å². The molecule has 1 saturated heterocycles. The summed E-state index contributed by atoms with van der Waals surface area (Å²) in [6.45, 7) is 5.12. The van der Waals surface area contributed by atoms with Gasteiger partial charge in [0.05, 0.1) is 23.2 Å². The van der Waals surface area contributed by atoms with Crippen molar-refractivity contribution in [2.45, 2.75) is 39.2 Å². The number of rotatable bonds is 0. The minimum atomic E-state index is -0.269. The Labute approximate surface area is 128 Å². The fraction of sp³-hybridized carbons (Fsp3) is 0.500. The molecule has 0 aliphatic carbocycles. The highest BCUT2D eigenvalue weighted by Crippen LogP contribution is 2.34. The van der Waals surface area contributed by atoms with E-state index < -0.39 is 0 Å². The Morgan fingerprint density at radius 3 is 3.00 bits per heavy atom. The summed E-state index contributed by atoms with van der Waals surface area (Å²) in [6, 6.07) is 1.72. The molecular formula is C16H18N4O2. The second-order valence-electron chi connectivity index (χ2n) is 5.97. The summed E-state index contributed by atoms with van der Waals surface area (Å²) in [5.41, 5.74) is 2.86. The lowest BCUT2D eigenvalue weighted by Gasteiger charge is -2.27. The number of hydrogen-bond acceptors (Lipinski definition) is 6. The number of cyclic esters (lactones) is 1. The van der Waals surface area contributed by atoms with Crippen LogP contribution < -0.4 is 4.90 Å². The maximum absolute atomic E-state index is 12.3. The van der Waals surface area contributed by atoms with Gasteiger partial charge in [-0.1, -0.05) is 0 Å². The van der Waals surface area contributed by atoms with Crippen LogP contribution in [0.15, 0.2) is 6.07 Å². The molecule has 6 nitrogen and oxygen atoms in total. The molecule has 0 bridgehead atoms. The van der Waals surface area contributed by atoms with Crippen LogP contribution in [0.1, 0.15) is 30.1 Å². The third-order valence-electron chi connectivity index (χ3n) is 4.34. The Hall–Kier alpha value is -2.24. The van der Waals surface area contributed by atoms with Gasteiger partial charge in [-0.05, 0) is 39.2 Å². The molecule has 0 radical (unpaired) electrons. The van der Waals surface area contributed by atoms with Gasteiger partial charge in [-0.2, -0.15) is 0 Å². The third-order valence-corrected chi connectivity index (χ3v) is 4.34. The fourth-order valence-electron chi connectivity index (χ4n) is 3.44. The van der Waals surface area contributed by atoms with Crippen molar-refractivity contribution in [3.8, 4) is 0 Å². The van der Waals surface area contributed by atoms with E-state index in [9.17, 15) is 4.79 Å². The minimum Gasteiger partial charge on any atom is -0.464 e. The van der Waals surface area contributed by atoms with E-state index in [1.165, 1.54) is 0 Å². The Morgan fingerprint density at radius 1 is 1.27 bits per heavy atom. The van der Waals surface area contributed by atoms with E-state index in [-0.39, 0.29) is 12.0 Å². The van der Waals surface area contributed by atoms with Gasteiger partial charge in [0.2, 0.25) is 0 Å². The first-order valence-corrected chi connectivity index (χ1v) is 7.71. The van der Waals surface area contributed by atoms with Crippen molar-refractivity contribution in [1.29, 1.82) is 0 Å². The quantitative estimate of drug-likeness (QED) is 0.690. The van der Waals surface area contributed by atoms with Crippen LogP contribution in [0.2, 0.25) is 0 Å². The maximum Gasteiger partial charge on any atom is 0.328 e. The van der Waals surface area contributed by atoms with Gasteiger partial charge in [-0.25, -0.2) is 14.8 Å². The zero-order valence-corrected chi connectivity index (χ0v) is 12.8. The van der Waals surface area contributed by atoms with Crippen molar-refractivity contribution in [2.75, 3.05) is 18.1 Å². The van der Waals surface area contributed by atoms with E-state index >= 15 is 0 Å². The number of pyridine rings is 1. The number of aromatic nitrogens is 3. The molecule has 0 N–H and O–H groups in total. The third kappa shape index (κ3) is 2.01. The summed E-state index contributed by atoms with van der Waals surface area (Å²) < 4.78 is 5.33. The number of anilines is 1. The molecule has 1 fully saturated rings. The largest absolute Gasteiger partial charge is 0.464 e. The van der Waals surface area contributed by atoms with Crippen LogP contribution >= 0.6 is 0 Å². The number of aryl methyl sites for hydroxylation is 3. The molecule has 1 unspecified atom stereocenters. The minimum absolute atomic E-state index is 0.147. The molecule has 2 aliphatic heterocycles. The molecule has 0 aromatic carbocycles. The highest BCUT2D eigenvalue weighted by molar-refractivity contribution is 5.95. The summed E-state index contributed by atoms with van der Waals surface area (Å²) in [7, 11) is 0. The first kappa shape index (κ1) is 13.4. The Balaban J connectivity index is 2.00. The molecule has 4 rings (SSSR count). The number of nitrogens with zero attached hydrogens (tertiary/aromatic N) is 4. The second-order valence-corrected chi connectivity index (χ2v) is 5.97. The molecule has 2 aromatic rings. The van der Waals surface area contributed by atoms with Crippen LogP contribution in [-0.2, 0) is 16.0 Å². The number of carbonyl (C=O) groups is 1. The highest BCUT2D eigenvalue weighted by atomic mass is 16.5. The standard InChI is InChI=1S/C16H18N4O2/c1-9-8-12-14-11(17-9)4-5-13-16(21)22-7-3-6-20(13)15(14)19-10(2)18-12/h8,13H,3-7H2,1-2H3. The van der Waals surface area contributed by atoms with E-state index in [0.717, 1.165) is 53.3 Å². The SMILES string of the molecule is Cc1cc2nc(C)nc3c2c(n1)CCC1C(=O)OCCCN31. The normalized spacial score (nSPS) is 21.1. The van der Waals surface area contributed by atoms with Gasteiger partial charge in [-0.3, -0.25) is 4.98 Å². The maximum atomic E-state index is 12.3. The van der Waals surface area contributed by atoms with Crippen LogP contribution in [0, 0.1) is 13.8 Å². The van der Waals surface area contributed by atoms with Crippen molar-refractivity contribution in [2.24, 2.45) is 0 Å². The van der Waals surface area contributed by atoms with Gasteiger partial charge in [0.15, 0.2) is 0 Å². The number of fused-ring (bicyclic) bond motifs is 2. The lowest BCUT2D eigenvalue weighted by atomic mass is 10.1. The molecule has 0 amide bonds. The molecular weight excluding hydrogens is 280 g/mol. The summed E-state index contributed by atoms with van der Waals surface area (Å²) >= 11 is 0. The monoisotopic (exact) mass is 298 g/mol. The first-order valence-electron chi connectivity index (χ1n) is 7.71. The van der Waals surface area contributed by atoms with Crippen molar-refractivity contribution < 1.29 is 9.53 Å². The van der Waals surface area contributed by atoms with Crippen LogP contribution in [0.25, 0.3) is 10.9 Å². The summed E-state index contributed by atoms with van der Waals surface area (Å²) in [4.78, 5) is 28.3. The molecule has 0 spiro atoms. The summed E-state index contributed by atoms with van der Waals surface area (Å²) in [5, 5.41) is 0.994. The Kier molecular flexibility index (Phi) is 2.99. The lowest BCUT2D eigenvalue weighted by Crippen LogP contribution is -2.41. The van der Waals surface area contributed by atoms with E-state index in [1.807, 2.05) is 19.9 Å². The van der Waals surface area contributed by atoms with E-state index in [0.29, 0.717) is 13.0 Å². The number of carbonyl (C=O) groups excluding carboxylic acids is 1. The average molecular weight is 298 g/mol. The second kappa shape index (κ2) is 4.90. The zero-order chi connectivity index (χ0) is 15.3. The zero-order valence-electron chi connectivity index (χ0n) is 12.8. The smallest absolute Gasteiger partial charge is 0.328 e. The van der Waals surface area contributed by atoms with E-state index in [2.05, 4.69) is 19.9 Å². The summed E-state index contributed by atoms with van der Waals surface area (Å²) in [6.07, 6.45) is 2.27. The molecule has 2 aliphatic rings. The van der Waals surface area contributed by atoms with Gasteiger partial charge in [0.1, 0.15) is 17.7 Å². The number of esters is 1. The van der Waals surface area contributed by atoms with Gasteiger partial charge >= 0.3 is 5.97 Å². The van der Waals surface area contributed by atoms with Crippen LogP contribution in [-0.4, -0.2) is 40.1 Å². The predicted molar refractivity (Wildman–Crippen MR) is 81.8 cm³/mol. The van der Waals surface area contributed by atoms with Crippen LogP contribution in [0.4, 0.5) is 5.82 Å². The van der Waals surface area contributed by atoms with Crippen molar-refractivity contribution in [3.05, 3.63) is 23.3 Å². The predicted octanol–water partition coefficient (Wildman–Crippen LogP) is 1.71. The van der Waals surface area contributed by atoms with Gasteiger partial charge in [0.25, 0.3) is 0 Å². The van der Waals surface area contributed by atoms with Crippen molar-refractivity contribution in [3.63, 3.8) is 0 Å². The Morgan fingerprint density at radius 2 is 2.14 bits per heavy atom. The molecule has 1 atom stereocenters. The van der Waals surface area contributed by atoms with Gasteiger partial charge in [-0.15, -0.1) is 0 Å². The topological polar surface area (TPSA) is 68.2 Å².